The highest BCUT2D eigenvalue weighted by Crippen LogP contribution is 2.58. The molecule has 0 aliphatic carbocycles. The van der Waals surface area contributed by atoms with Gasteiger partial charge in [-0.05, 0) is 61.0 Å². The standard InChI is InChI=1S/C33H37N3O6Si/c1-21-31(43(2,3)41)29(17-30(39)35-18-23-10-8-7-9-22(23)15-26(35)19-37)42-33(21)27-16-25(13-14-28(27)34-32(33)40)36(20-38)24-11-5-4-6-12-24/h4-14,16,20-21,26,29,31,37,41H,15,17-19H2,1-3H3,(H,34,40)/t21-,26-,29+,31-,33+/m0/s1. The second-order valence-electron chi connectivity index (χ2n) is 12.4. The van der Waals surface area contributed by atoms with Crippen LogP contribution in [0.5, 0.6) is 0 Å². The fourth-order valence-electron chi connectivity index (χ4n) is 7.43. The van der Waals surface area contributed by atoms with Gasteiger partial charge in [-0.1, -0.05) is 49.4 Å². The van der Waals surface area contributed by atoms with Crippen LogP contribution in [0.25, 0.3) is 0 Å². The highest BCUT2D eigenvalue weighted by atomic mass is 28.4. The number of anilines is 3. The third-order valence-corrected chi connectivity index (χ3v) is 11.9. The predicted molar refractivity (Wildman–Crippen MR) is 165 cm³/mol. The van der Waals surface area contributed by atoms with Crippen LogP contribution in [-0.2, 0) is 37.7 Å². The third-order valence-electron chi connectivity index (χ3n) is 9.40. The van der Waals surface area contributed by atoms with Gasteiger partial charge in [-0.15, -0.1) is 0 Å². The Bertz CT molecular complexity index is 1560. The maximum Gasteiger partial charge on any atom is 0.261 e. The Morgan fingerprint density at radius 2 is 1.79 bits per heavy atom. The van der Waals surface area contributed by atoms with Gasteiger partial charge in [0.1, 0.15) is 0 Å². The first-order valence-corrected chi connectivity index (χ1v) is 17.7. The van der Waals surface area contributed by atoms with Gasteiger partial charge in [0.2, 0.25) is 12.3 Å². The molecule has 6 rings (SSSR count). The summed E-state index contributed by atoms with van der Waals surface area (Å²) in [5, 5.41) is 13.1. The first kappa shape index (κ1) is 29.2. The zero-order chi connectivity index (χ0) is 30.5. The predicted octanol–water partition coefficient (Wildman–Crippen LogP) is 4.07. The minimum Gasteiger partial charge on any atom is -0.432 e. The monoisotopic (exact) mass is 599 g/mol. The summed E-state index contributed by atoms with van der Waals surface area (Å²) in [7, 11) is -2.98. The van der Waals surface area contributed by atoms with Crippen molar-refractivity contribution in [2.45, 2.75) is 62.7 Å². The van der Waals surface area contributed by atoms with Gasteiger partial charge in [-0.3, -0.25) is 19.3 Å². The van der Waals surface area contributed by atoms with Gasteiger partial charge in [0, 0.05) is 40.6 Å². The van der Waals surface area contributed by atoms with E-state index in [1.807, 2.05) is 74.6 Å². The number of nitrogens with zero attached hydrogens (tertiary/aromatic N) is 2. The fourth-order valence-corrected chi connectivity index (χ4v) is 9.98. The lowest BCUT2D eigenvalue weighted by molar-refractivity contribution is -0.149. The number of aliphatic hydroxyl groups excluding tert-OH is 1. The highest BCUT2D eigenvalue weighted by Gasteiger charge is 2.65. The number of fused-ring (bicyclic) bond motifs is 3. The van der Waals surface area contributed by atoms with Crippen molar-refractivity contribution >= 4 is 43.6 Å². The molecule has 3 aliphatic heterocycles. The molecule has 5 atom stereocenters. The van der Waals surface area contributed by atoms with Crippen molar-refractivity contribution in [3.63, 3.8) is 0 Å². The summed E-state index contributed by atoms with van der Waals surface area (Å²) >= 11 is 0. The van der Waals surface area contributed by atoms with Crippen molar-refractivity contribution in [2.75, 3.05) is 16.8 Å². The number of carbonyl (C=O) groups excluding carboxylic acids is 3. The summed E-state index contributed by atoms with van der Waals surface area (Å²) in [6, 6.07) is 22.1. The molecule has 3 heterocycles. The van der Waals surface area contributed by atoms with Gasteiger partial charge in [-0.25, -0.2) is 0 Å². The number of aliphatic hydroxyl groups is 1. The fraction of sp³-hybridized carbons (Fsp3) is 0.364. The number of para-hydroxylation sites is 1. The summed E-state index contributed by atoms with van der Waals surface area (Å²) in [6.07, 6.45) is 0.539. The summed E-state index contributed by atoms with van der Waals surface area (Å²) in [5.41, 5.74) is 2.70. The van der Waals surface area contributed by atoms with E-state index in [1.54, 1.807) is 23.1 Å². The molecule has 3 amide bonds. The molecule has 0 radical (unpaired) electrons. The number of amides is 3. The summed E-state index contributed by atoms with van der Waals surface area (Å²) in [4.78, 5) is 54.7. The average molecular weight is 600 g/mol. The molecule has 3 aromatic carbocycles. The Morgan fingerprint density at radius 1 is 1.09 bits per heavy atom. The lowest BCUT2D eigenvalue weighted by atomic mass is 9.82. The molecule has 0 aromatic heterocycles. The Kier molecular flexibility index (Phi) is 7.50. The molecule has 1 saturated heterocycles. The van der Waals surface area contributed by atoms with Crippen molar-refractivity contribution < 1.29 is 29.0 Å². The van der Waals surface area contributed by atoms with E-state index in [0.29, 0.717) is 35.6 Å². The van der Waals surface area contributed by atoms with E-state index in [2.05, 4.69) is 5.32 Å². The van der Waals surface area contributed by atoms with Crippen LogP contribution in [-0.4, -0.2) is 60.1 Å². The molecule has 0 unspecified atom stereocenters. The van der Waals surface area contributed by atoms with Gasteiger partial charge >= 0.3 is 0 Å². The molecule has 3 aromatic rings. The highest BCUT2D eigenvalue weighted by molar-refractivity contribution is 6.71. The van der Waals surface area contributed by atoms with E-state index in [-0.39, 0.29) is 30.9 Å². The first-order chi connectivity index (χ1) is 20.6. The minimum absolute atomic E-state index is 0.0286. The summed E-state index contributed by atoms with van der Waals surface area (Å²) < 4.78 is 6.72. The third kappa shape index (κ3) is 4.88. The van der Waals surface area contributed by atoms with E-state index in [0.717, 1.165) is 17.5 Å². The maximum absolute atomic E-state index is 13.9. The molecular weight excluding hydrogens is 562 g/mol. The van der Waals surface area contributed by atoms with Gasteiger partial charge < -0.3 is 24.9 Å². The second kappa shape index (κ2) is 11.0. The van der Waals surface area contributed by atoms with Gasteiger partial charge in [0.15, 0.2) is 13.9 Å². The van der Waals surface area contributed by atoms with Crippen LogP contribution in [0.15, 0.2) is 72.8 Å². The molecule has 43 heavy (non-hydrogen) atoms. The number of ether oxygens (including phenoxy) is 1. The Balaban J connectivity index is 1.35. The quantitative estimate of drug-likeness (QED) is 0.278. The van der Waals surface area contributed by atoms with Crippen LogP contribution in [0.2, 0.25) is 18.6 Å². The van der Waals surface area contributed by atoms with Crippen LogP contribution in [0.3, 0.4) is 0 Å². The zero-order valence-electron chi connectivity index (χ0n) is 24.6. The molecule has 1 spiro atoms. The molecule has 0 bridgehead atoms. The number of benzene rings is 3. The Labute approximate surface area is 252 Å². The summed E-state index contributed by atoms with van der Waals surface area (Å²) in [6.45, 7) is 5.75. The van der Waals surface area contributed by atoms with Crippen LogP contribution < -0.4 is 10.2 Å². The van der Waals surface area contributed by atoms with Crippen molar-refractivity contribution in [3.05, 3.63) is 89.5 Å². The van der Waals surface area contributed by atoms with Crippen LogP contribution in [0.1, 0.15) is 30.0 Å². The normalized spacial score (nSPS) is 26.2. The Hall–Kier alpha value is -3.83. The molecule has 1 fully saturated rings. The molecule has 224 valence electrons. The topological polar surface area (TPSA) is 119 Å². The number of hydrogen-bond acceptors (Lipinski definition) is 6. The van der Waals surface area contributed by atoms with Crippen molar-refractivity contribution in [1.82, 2.24) is 4.90 Å². The lowest BCUT2D eigenvalue weighted by Crippen LogP contribution is -2.48. The van der Waals surface area contributed by atoms with Crippen LogP contribution in [0, 0.1) is 5.92 Å². The van der Waals surface area contributed by atoms with Crippen molar-refractivity contribution in [2.24, 2.45) is 5.92 Å². The smallest absolute Gasteiger partial charge is 0.261 e. The summed E-state index contributed by atoms with van der Waals surface area (Å²) in [5.74, 6) is -0.983. The van der Waals surface area contributed by atoms with E-state index in [1.165, 1.54) is 4.90 Å². The van der Waals surface area contributed by atoms with Crippen molar-refractivity contribution in [3.8, 4) is 0 Å². The largest absolute Gasteiger partial charge is 0.432 e. The van der Waals surface area contributed by atoms with E-state index in [9.17, 15) is 24.3 Å². The van der Waals surface area contributed by atoms with E-state index < -0.39 is 31.5 Å². The second-order valence-corrected chi connectivity index (χ2v) is 16.4. The number of nitrogens with one attached hydrogen (secondary N) is 1. The molecule has 10 heteroatoms. The van der Waals surface area contributed by atoms with Gasteiger partial charge in [0.25, 0.3) is 5.91 Å². The number of hydrogen-bond donors (Lipinski definition) is 3. The van der Waals surface area contributed by atoms with Gasteiger partial charge in [0.05, 0.1) is 25.2 Å². The SMILES string of the molecule is C[C@H]1[C@H]([Si](C)(C)O)[C@@H](CC(=O)N2Cc3ccccc3C[C@H]2CO)O[C@]12C(=O)Nc1ccc(N(C=O)c3ccccc3)cc12. The maximum atomic E-state index is 13.9. The Morgan fingerprint density at radius 3 is 2.47 bits per heavy atom. The molecule has 3 N–H and O–H groups in total. The molecule has 0 saturated carbocycles. The van der Waals surface area contributed by atoms with E-state index >= 15 is 0 Å². The van der Waals surface area contributed by atoms with Gasteiger partial charge in [-0.2, -0.15) is 0 Å². The number of carbonyl (C=O) groups is 3. The zero-order valence-corrected chi connectivity index (χ0v) is 25.6. The lowest BCUT2D eigenvalue weighted by Gasteiger charge is -2.37. The van der Waals surface area contributed by atoms with Crippen LogP contribution in [0.4, 0.5) is 17.1 Å². The number of rotatable bonds is 7. The minimum atomic E-state index is -2.98. The molecule has 9 nitrogen and oxygen atoms in total. The molecule has 3 aliphatic rings. The average Bonchev–Trinajstić information content (AvgIpc) is 3.45. The molecular formula is C33H37N3O6Si. The van der Waals surface area contributed by atoms with Crippen LogP contribution >= 0.6 is 0 Å². The van der Waals surface area contributed by atoms with Crippen molar-refractivity contribution in [1.29, 1.82) is 0 Å². The first-order valence-electron chi connectivity index (χ1n) is 14.7. The van der Waals surface area contributed by atoms with E-state index in [4.69, 9.17) is 4.74 Å².